The van der Waals surface area contributed by atoms with Crippen LogP contribution >= 0.6 is 0 Å². The molecule has 1 atom stereocenters. The summed E-state index contributed by atoms with van der Waals surface area (Å²) in [5, 5.41) is 2.87. The van der Waals surface area contributed by atoms with Crippen LogP contribution in [0.5, 0.6) is 0 Å². The number of carbonyl (C=O) groups excluding carboxylic acids is 7. The molecule has 1 unspecified atom stereocenters. The Morgan fingerprint density at radius 3 is 1.46 bits per heavy atom. The Morgan fingerprint density at radius 2 is 0.987 bits per heavy atom. The molecule has 1 aliphatic heterocycles. The van der Waals surface area contributed by atoms with Crippen LogP contribution in [0.4, 0.5) is 4.79 Å². The van der Waals surface area contributed by atoms with E-state index in [1.54, 1.807) is 0 Å². The van der Waals surface area contributed by atoms with Gasteiger partial charge in [-0.25, -0.2) is 4.79 Å². The maximum atomic E-state index is 14.3. The molecule has 16 nitrogen and oxygen atoms in total. The van der Waals surface area contributed by atoms with Gasteiger partial charge in [-0.05, 0) is 146 Å². The third-order valence-electron chi connectivity index (χ3n) is 16.2. The quantitative estimate of drug-likeness (QED) is 0.0261. The maximum Gasteiger partial charge on any atom is 0.407 e. The van der Waals surface area contributed by atoms with Gasteiger partial charge in [0.1, 0.15) is 37.9 Å². The van der Waals surface area contributed by atoms with Crippen molar-refractivity contribution in [1.29, 1.82) is 0 Å². The van der Waals surface area contributed by atoms with Gasteiger partial charge in [-0.15, -0.1) is 0 Å². The van der Waals surface area contributed by atoms with Crippen LogP contribution in [0.1, 0.15) is 234 Å². The van der Waals surface area contributed by atoms with Gasteiger partial charge in [-0.2, -0.15) is 0 Å². The number of carbonyl (C=O) groups is 7. The summed E-state index contributed by atoms with van der Waals surface area (Å²) in [6, 6.07) is 0. The highest BCUT2D eigenvalue weighted by atomic mass is 16.6. The average Bonchev–Trinajstić information content (AvgIpc) is 4.31. The molecule has 2 bridgehead atoms. The number of hydrogen-bond acceptors (Lipinski definition) is 15. The lowest BCUT2D eigenvalue weighted by Crippen LogP contribution is -2.46. The maximum absolute atomic E-state index is 14.3. The van der Waals surface area contributed by atoms with Crippen LogP contribution in [0, 0.1) is 22.2 Å². The van der Waals surface area contributed by atoms with E-state index in [0.29, 0.717) is 83.5 Å². The first-order valence-electron chi connectivity index (χ1n) is 30.6. The van der Waals surface area contributed by atoms with E-state index in [0.717, 1.165) is 110 Å². The van der Waals surface area contributed by atoms with Crippen molar-refractivity contribution in [2.45, 2.75) is 240 Å². The molecule has 2 aliphatic carbocycles. The van der Waals surface area contributed by atoms with E-state index in [9.17, 15) is 33.6 Å². The molecule has 1 N–H and O–H groups in total. The van der Waals surface area contributed by atoms with E-state index in [1.807, 2.05) is 12.2 Å². The number of rotatable bonds is 45. The van der Waals surface area contributed by atoms with Gasteiger partial charge < -0.3 is 43.4 Å². The predicted octanol–water partition coefficient (Wildman–Crippen LogP) is 12.6. The monoisotopic (exact) mass is 1100 g/mol. The summed E-state index contributed by atoms with van der Waals surface area (Å²) in [6.07, 6.45) is 29.3. The molecule has 1 amide bonds. The van der Waals surface area contributed by atoms with Crippen LogP contribution in [-0.4, -0.2) is 119 Å². The van der Waals surface area contributed by atoms with Gasteiger partial charge in [0.25, 0.3) is 0 Å². The molecule has 78 heavy (non-hydrogen) atoms. The Kier molecular flexibility index (Phi) is 34.6. The molecule has 1 saturated heterocycles. The van der Waals surface area contributed by atoms with Gasteiger partial charge >= 0.3 is 41.9 Å². The first-order valence-corrected chi connectivity index (χ1v) is 30.6. The number of esters is 6. The fourth-order valence-electron chi connectivity index (χ4n) is 10.9. The Labute approximate surface area is 469 Å². The lowest BCUT2D eigenvalue weighted by atomic mass is 9.69. The Morgan fingerprint density at radius 1 is 0.538 bits per heavy atom. The predicted molar refractivity (Wildman–Crippen MR) is 301 cm³/mol. The Hall–Kier alpha value is -4.47. The van der Waals surface area contributed by atoms with Crippen molar-refractivity contribution in [1.82, 2.24) is 10.2 Å². The van der Waals surface area contributed by atoms with Gasteiger partial charge in [-0.3, -0.25) is 28.8 Å². The van der Waals surface area contributed by atoms with Gasteiger partial charge in [0.05, 0.1) is 18.6 Å². The molecular weight excluding hydrogens is 997 g/mol. The summed E-state index contributed by atoms with van der Waals surface area (Å²) in [5.41, 5.74) is -2.51. The number of alkyl carbamates (subject to hydrolysis) is 1. The molecule has 0 aromatic carbocycles. The minimum Gasteiger partial charge on any atom is -0.465 e. The number of hydrogen-bond donors (Lipinski definition) is 1. The van der Waals surface area contributed by atoms with E-state index >= 15 is 0 Å². The zero-order chi connectivity index (χ0) is 56.8. The fourth-order valence-corrected chi connectivity index (χ4v) is 10.9. The van der Waals surface area contributed by atoms with Crippen LogP contribution < -0.4 is 5.32 Å². The molecule has 446 valence electrons. The zero-order valence-electron chi connectivity index (χ0n) is 49.1. The van der Waals surface area contributed by atoms with Crippen LogP contribution in [0.25, 0.3) is 0 Å². The molecule has 3 fully saturated rings. The minimum atomic E-state index is -1.50. The molecule has 2 saturated carbocycles. The Bertz CT molecular complexity index is 1740. The number of amides is 1. The van der Waals surface area contributed by atoms with Crippen molar-refractivity contribution in [3.63, 3.8) is 0 Å². The van der Waals surface area contributed by atoms with Crippen molar-refractivity contribution in [2.75, 3.05) is 65.8 Å². The Balaban J connectivity index is 1.70. The average molecular weight is 1100 g/mol. The van der Waals surface area contributed by atoms with Crippen molar-refractivity contribution < 1.29 is 66.7 Å². The van der Waals surface area contributed by atoms with Crippen LogP contribution in [0.3, 0.4) is 0 Å². The molecule has 0 aromatic heterocycles. The molecule has 0 aromatic rings. The molecule has 0 spiro atoms. The zero-order valence-corrected chi connectivity index (χ0v) is 49.1. The summed E-state index contributed by atoms with van der Waals surface area (Å²) in [5.74, 6) is -2.47. The van der Waals surface area contributed by atoms with Crippen molar-refractivity contribution in [3.8, 4) is 0 Å². The first kappa shape index (κ1) is 67.8. The lowest BCUT2D eigenvalue weighted by molar-refractivity contribution is -0.178. The number of nitrogens with one attached hydrogen (secondary N) is 1. The van der Waals surface area contributed by atoms with Gasteiger partial charge in [0, 0.05) is 45.2 Å². The standard InChI is InChI=1S/C62H104N2O14/c1-6-9-12-15-17-19-28-45-72-53(65)31-22-24-33-55(67)74-47-61(50-77-58(70)62-39-37-51(38-40-62)60(62,4)5,48-75-56(68)34-25-23-32-54(66)73-46-29-20-18-16-13-10-7-2)49-76-57(69)36-35-52(30-21-14-11-8-3)78-59(71)63-41-44-64-42-26-27-43-64/h17-20,51-52H,6-16,21-50H2,1-5H3,(H,63,71)/b19-17-,20-18-. The van der Waals surface area contributed by atoms with Crippen LogP contribution in [0.15, 0.2) is 24.3 Å². The second kappa shape index (κ2) is 39.8. The number of allylic oxidation sites excluding steroid dienone is 2. The van der Waals surface area contributed by atoms with Gasteiger partial charge in [-0.1, -0.05) is 104 Å². The molecule has 3 aliphatic rings. The molecular formula is C62H104N2O14. The SMILES string of the molecule is CCCCC/C=C\CCOC(=O)CCCCC(=O)OCC(COC(=O)CCCCC(=O)OCC/C=C\CCCCC)(COC(=O)CCC(CCCCCC)OC(=O)NCCN1CCCC1)COC(=O)C12CCC(CC1)C2(C)C. The highest BCUT2D eigenvalue weighted by Gasteiger charge is 2.64. The summed E-state index contributed by atoms with van der Waals surface area (Å²) in [6.45, 7) is 12.9. The van der Waals surface area contributed by atoms with Crippen molar-refractivity contribution >= 4 is 41.9 Å². The van der Waals surface area contributed by atoms with E-state index in [-0.39, 0.29) is 68.5 Å². The second-order valence-corrected chi connectivity index (χ2v) is 22.9. The third kappa shape index (κ3) is 27.1. The van der Waals surface area contributed by atoms with Crippen LogP contribution in [-0.2, 0) is 61.9 Å². The largest absolute Gasteiger partial charge is 0.465 e. The topological polar surface area (TPSA) is 199 Å². The number of ether oxygens (including phenoxy) is 7. The van der Waals surface area contributed by atoms with Crippen molar-refractivity contribution in [2.24, 2.45) is 22.2 Å². The summed E-state index contributed by atoms with van der Waals surface area (Å²) in [7, 11) is 0. The summed E-state index contributed by atoms with van der Waals surface area (Å²) < 4.78 is 40.5. The van der Waals surface area contributed by atoms with Gasteiger partial charge in [0.15, 0.2) is 0 Å². The van der Waals surface area contributed by atoms with E-state index in [4.69, 9.17) is 33.2 Å². The highest BCUT2D eigenvalue weighted by Crippen LogP contribution is 2.66. The fraction of sp³-hybridized carbons (Fsp3) is 0.823. The molecule has 3 rings (SSSR count). The van der Waals surface area contributed by atoms with Gasteiger partial charge in [0.2, 0.25) is 0 Å². The normalized spacial score (nSPS) is 18.2. The third-order valence-corrected chi connectivity index (χ3v) is 16.2. The molecule has 1 heterocycles. The minimum absolute atomic E-state index is 0.0223. The van der Waals surface area contributed by atoms with E-state index < -0.39 is 60.8 Å². The first-order chi connectivity index (χ1) is 37.7. The van der Waals surface area contributed by atoms with Crippen molar-refractivity contribution in [3.05, 3.63) is 24.3 Å². The number of unbranched alkanes of at least 4 members (excludes halogenated alkanes) is 11. The molecule has 0 radical (unpaired) electrons. The number of nitrogens with zero attached hydrogens (tertiary/aromatic N) is 1. The van der Waals surface area contributed by atoms with Crippen LogP contribution in [0.2, 0.25) is 0 Å². The van der Waals surface area contributed by atoms with E-state index in [2.05, 4.69) is 57.0 Å². The second-order valence-electron chi connectivity index (χ2n) is 22.9. The molecule has 16 heteroatoms. The summed E-state index contributed by atoms with van der Waals surface area (Å²) >= 11 is 0. The lowest BCUT2D eigenvalue weighted by Gasteiger charge is -2.37. The van der Waals surface area contributed by atoms with E-state index in [1.165, 1.54) is 12.8 Å². The summed E-state index contributed by atoms with van der Waals surface area (Å²) in [4.78, 5) is 95.0. The smallest absolute Gasteiger partial charge is 0.407 e. The highest BCUT2D eigenvalue weighted by molar-refractivity contribution is 5.79. The number of fused-ring (bicyclic) bond motifs is 2. The number of likely N-dealkylation sites (tertiary alicyclic amines) is 1.